The minimum absolute atomic E-state index is 0.00481. The van der Waals surface area contributed by atoms with Crippen LogP contribution in [-0.4, -0.2) is 35.2 Å². The maximum atomic E-state index is 12.6. The van der Waals surface area contributed by atoms with Gasteiger partial charge < -0.3 is 19.9 Å². The van der Waals surface area contributed by atoms with Gasteiger partial charge in [-0.3, -0.25) is 9.59 Å². The number of nitrogens with one attached hydrogen (secondary N) is 2. The van der Waals surface area contributed by atoms with E-state index < -0.39 is 0 Å². The summed E-state index contributed by atoms with van der Waals surface area (Å²) in [5.41, 5.74) is 2.79. The van der Waals surface area contributed by atoms with E-state index in [-0.39, 0.29) is 18.4 Å². The summed E-state index contributed by atoms with van der Waals surface area (Å²) < 4.78 is 9.88. The normalized spacial score (nSPS) is 10.4. The molecule has 0 radical (unpaired) electrons. The largest absolute Gasteiger partial charge is 0.465 e. The number of para-hydroxylation sites is 1. The molecule has 3 rings (SSSR count). The van der Waals surface area contributed by atoms with E-state index in [0.717, 1.165) is 11.1 Å². The lowest BCUT2D eigenvalue weighted by Gasteiger charge is -2.12. The highest BCUT2D eigenvalue weighted by molar-refractivity contribution is 5.99. The Bertz CT molecular complexity index is 982. The van der Waals surface area contributed by atoms with Crippen molar-refractivity contribution in [2.45, 2.75) is 20.4 Å². The number of hydrogen-bond donors (Lipinski definition) is 2. The lowest BCUT2D eigenvalue weighted by atomic mass is 10.1. The monoisotopic (exact) mass is 394 g/mol. The van der Waals surface area contributed by atoms with E-state index in [1.807, 2.05) is 24.3 Å². The van der Waals surface area contributed by atoms with Crippen LogP contribution in [0.1, 0.15) is 28.7 Å². The van der Waals surface area contributed by atoms with Crippen molar-refractivity contribution in [3.8, 4) is 11.4 Å². The van der Waals surface area contributed by atoms with Crippen LogP contribution in [0.5, 0.6) is 0 Å². The molecule has 0 aliphatic rings. The van der Waals surface area contributed by atoms with E-state index >= 15 is 0 Å². The van der Waals surface area contributed by atoms with Crippen LogP contribution in [0.25, 0.3) is 11.4 Å². The molecule has 0 bridgehead atoms. The Balaban J connectivity index is 1.60. The van der Waals surface area contributed by atoms with Crippen molar-refractivity contribution in [2.75, 3.05) is 18.5 Å². The van der Waals surface area contributed by atoms with Crippen molar-refractivity contribution < 1.29 is 18.8 Å². The summed E-state index contributed by atoms with van der Waals surface area (Å²) in [5, 5.41) is 9.72. The van der Waals surface area contributed by atoms with Crippen molar-refractivity contribution in [1.82, 2.24) is 15.5 Å². The zero-order chi connectivity index (χ0) is 20.6. The van der Waals surface area contributed by atoms with Crippen molar-refractivity contribution in [3.63, 3.8) is 0 Å². The highest BCUT2D eigenvalue weighted by Crippen LogP contribution is 2.17. The number of anilines is 1. The van der Waals surface area contributed by atoms with Crippen LogP contribution in [-0.2, 0) is 16.1 Å². The van der Waals surface area contributed by atoms with Gasteiger partial charge in [-0.1, -0.05) is 41.6 Å². The first kappa shape index (κ1) is 20.1. The van der Waals surface area contributed by atoms with Gasteiger partial charge in [-0.2, -0.15) is 4.98 Å². The summed E-state index contributed by atoms with van der Waals surface area (Å²) in [7, 11) is 0. The maximum absolute atomic E-state index is 12.6. The van der Waals surface area contributed by atoms with E-state index in [0.29, 0.717) is 36.1 Å². The second-order valence-corrected chi connectivity index (χ2v) is 6.22. The molecule has 0 fully saturated rings. The molecule has 8 nitrogen and oxygen atoms in total. The number of aromatic nitrogens is 2. The Morgan fingerprint density at radius 1 is 1.10 bits per heavy atom. The molecule has 3 aromatic rings. The molecule has 0 aliphatic carbocycles. The van der Waals surface area contributed by atoms with Gasteiger partial charge in [0.25, 0.3) is 5.91 Å². The molecule has 2 aromatic carbocycles. The van der Waals surface area contributed by atoms with Gasteiger partial charge in [-0.25, -0.2) is 0 Å². The third-order valence-corrected chi connectivity index (χ3v) is 4.09. The van der Waals surface area contributed by atoms with Crippen LogP contribution in [0, 0.1) is 6.92 Å². The van der Waals surface area contributed by atoms with Gasteiger partial charge in [-0.05, 0) is 24.6 Å². The molecule has 0 saturated heterocycles. The highest BCUT2D eigenvalue weighted by atomic mass is 16.5. The summed E-state index contributed by atoms with van der Waals surface area (Å²) in [4.78, 5) is 28.3. The maximum Gasteiger partial charge on any atom is 0.325 e. The van der Waals surface area contributed by atoms with Gasteiger partial charge in [-0.15, -0.1) is 0 Å². The van der Waals surface area contributed by atoms with Gasteiger partial charge in [0.15, 0.2) is 0 Å². The molecular formula is C21H22N4O4. The van der Waals surface area contributed by atoms with Crippen LogP contribution >= 0.6 is 0 Å². The Morgan fingerprint density at radius 2 is 1.86 bits per heavy atom. The average molecular weight is 394 g/mol. The molecule has 0 atom stereocenters. The predicted molar refractivity (Wildman–Crippen MR) is 107 cm³/mol. The standard InChI is InChI=1S/C21H22N4O4/c1-3-28-19(26)13-22-18-7-5-4-6-17(18)21(27)23-12-15-8-10-16(11-9-15)20-24-14(2)29-25-20/h4-11,22H,3,12-13H2,1-2H3,(H,23,27). The molecule has 29 heavy (non-hydrogen) atoms. The van der Waals surface area contributed by atoms with Gasteiger partial charge in [0, 0.05) is 24.7 Å². The van der Waals surface area contributed by atoms with Crippen LogP contribution in [0.15, 0.2) is 53.1 Å². The Labute approximate surface area is 168 Å². The van der Waals surface area contributed by atoms with Crippen molar-refractivity contribution in [3.05, 3.63) is 65.5 Å². The third kappa shape index (κ3) is 5.41. The predicted octanol–water partition coefficient (Wildman–Crippen LogP) is 2.95. The summed E-state index contributed by atoms with van der Waals surface area (Å²) >= 11 is 0. The van der Waals surface area contributed by atoms with E-state index in [4.69, 9.17) is 9.26 Å². The fourth-order valence-electron chi connectivity index (χ4n) is 2.68. The topological polar surface area (TPSA) is 106 Å². The second kappa shape index (κ2) is 9.50. The smallest absolute Gasteiger partial charge is 0.325 e. The first-order chi connectivity index (χ1) is 14.1. The number of amides is 1. The van der Waals surface area contributed by atoms with Crippen molar-refractivity contribution in [2.24, 2.45) is 0 Å². The molecule has 8 heteroatoms. The van der Waals surface area contributed by atoms with Crippen LogP contribution in [0.3, 0.4) is 0 Å². The van der Waals surface area contributed by atoms with E-state index in [1.165, 1.54) is 0 Å². The average Bonchev–Trinajstić information content (AvgIpc) is 3.17. The molecule has 1 aromatic heterocycles. The fourth-order valence-corrected chi connectivity index (χ4v) is 2.68. The Morgan fingerprint density at radius 3 is 2.55 bits per heavy atom. The molecular weight excluding hydrogens is 372 g/mol. The number of carbonyl (C=O) groups is 2. The number of carbonyl (C=O) groups excluding carboxylic acids is 2. The quantitative estimate of drug-likeness (QED) is 0.566. The van der Waals surface area contributed by atoms with E-state index in [2.05, 4.69) is 20.8 Å². The number of esters is 1. The molecule has 0 unspecified atom stereocenters. The number of ether oxygens (including phenoxy) is 1. The third-order valence-electron chi connectivity index (χ3n) is 4.09. The Kier molecular flexibility index (Phi) is 6.57. The SMILES string of the molecule is CCOC(=O)CNc1ccccc1C(=O)NCc1ccc(-c2noc(C)n2)cc1. The molecule has 1 heterocycles. The van der Waals surface area contributed by atoms with Gasteiger partial charge in [0.05, 0.1) is 12.2 Å². The van der Waals surface area contributed by atoms with E-state index in [1.54, 1.807) is 38.1 Å². The number of rotatable bonds is 8. The lowest BCUT2D eigenvalue weighted by Crippen LogP contribution is -2.25. The molecule has 1 amide bonds. The number of hydrogen-bond acceptors (Lipinski definition) is 7. The lowest BCUT2D eigenvalue weighted by molar-refractivity contribution is -0.140. The van der Waals surface area contributed by atoms with Crippen molar-refractivity contribution >= 4 is 17.6 Å². The van der Waals surface area contributed by atoms with Crippen LogP contribution in [0.2, 0.25) is 0 Å². The van der Waals surface area contributed by atoms with Crippen LogP contribution in [0.4, 0.5) is 5.69 Å². The Hall–Kier alpha value is -3.68. The summed E-state index contributed by atoms with van der Waals surface area (Å²) in [6.45, 7) is 4.15. The summed E-state index contributed by atoms with van der Waals surface area (Å²) in [5.74, 6) is 0.417. The molecule has 150 valence electrons. The number of aryl methyl sites for hydroxylation is 1. The molecule has 2 N–H and O–H groups in total. The molecule has 0 aliphatic heterocycles. The summed E-state index contributed by atoms with van der Waals surface area (Å²) in [6.07, 6.45) is 0. The number of benzene rings is 2. The zero-order valence-electron chi connectivity index (χ0n) is 16.3. The first-order valence-corrected chi connectivity index (χ1v) is 9.23. The van der Waals surface area contributed by atoms with Crippen molar-refractivity contribution in [1.29, 1.82) is 0 Å². The first-order valence-electron chi connectivity index (χ1n) is 9.23. The van der Waals surface area contributed by atoms with Gasteiger partial charge in [0.1, 0.15) is 6.54 Å². The highest BCUT2D eigenvalue weighted by Gasteiger charge is 2.12. The zero-order valence-corrected chi connectivity index (χ0v) is 16.3. The van der Waals surface area contributed by atoms with Gasteiger partial charge >= 0.3 is 5.97 Å². The van der Waals surface area contributed by atoms with Gasteiger partial charge in [0.2, 0.25) is 11.7 Å². The number of nitrogens with zero attached hydrogens (tertiary/aromatic N) is 2. The molecule has 0 saturated carbocycles. The second-order valence-electron chi connectivity index (χ2n) is 6.22. The van der Waals surface area contributed by atoms with Crippen LogP contribution < -0.4 is 10.6 Å². The summed E-state index contributed by atoms with van der Waals surface area (Å²) in [6, 6.07) is 14.6. The minimum atomic E-state index is -0.375. The minimum Gasteiger partial charge on any atom is -0.465 e. The van der Waals surface area contributed by atoms with E-state index in [9.17, 15) is 9.59 Å². The fraction of sp³-hybridized carbons (Fsp3) is 0.238. The molecule has 0 spiro atoms.